The van der Waals surface area contributed by atoms with Gasteiger partial charge in [0.1, 0.15) is 5.69 Å². The first kappa shape index (κ1) is 19.4. The predicted octanol–water partition coefficient (Wildman–Crippen LogP) is 2.71. The lowest BCUT2D eigenvalue weighted by Crippen LogP contribution is -2.55. The van der Waals surface area contributed by atoms with E-state index < -0.39 is 17.3 Å². The third-order valence-electron chi connectivity index (χ3n) is 4.10. The Morgan fingerprint density at radius 1 is 1.33 bits per heavy atom. The summed E-state index contributed by atoms with van der Waals surface area (Å²) < 4.78 is 44.0. The van der Waals surface area contributed by atoms with Crippen LogP contribution in [0.25, 0.3) is 11.3 Å². The molecule has 0 aliphatic carbocycles. The topological polar surface area (TPSA) is 78.5 Å². The molecule has 2 aromatic rings. The van der Waals surface area contributed by atoms with Crippen LogP contribution >= 0.6 is 0 Å². The van der Waals surface area contributed by atoms with Crippen molar-refractivity contribution in [3.8, 4) is 11.3 Å². The molecule has 0 unspecified atom stereocenters. The number of amides is 1. The number of benzene rings is 1. The molecule has 27 heavy (non-hydrogen) atoms. The van der Waals surface area contributed by atoms with Gasteiger partial charge >= 0.3 is 6.18 Å². The molecule has 2 N–H and O–H groups in total. The standard InChI is InChI=1S/C18H20F3N3O3/c1-17(2,26)10-27-13-8-24(9-13)16(25)15-7-14(22-23-15)11-4-3-5-12(6-11)18(19,20)21/h3-7,13,26H,8-10H2,1-2H3,(H,22,23). The van der Waals surface area contributed by atoms with Crippen molar-refractivity contribution in [1.82, 2.24) is 15.1 Å². The van der Waals surface area contributed by atoms with E-state index >= 15 is 0 Å². The summed E-state index contributed by atoms with van der Waals surface area (Å²) in [5.41, 5.74) is -0.975. The van der Waals surface area contributed by atoms with Crippen molar-refractivity contribution in [3.05, 3.63) is 41.6 Å². The molecule has 2 heterocycles. The third kappa shape index (κ3) is 4.67. The highest BCUT2D eigenvalue weighted by Crippen LogP contribution is 2.32. The Balaban J connectivity index is 1.63. The van der Waals surface area contributed by atoms with Crippen LogP contribution < -0.4 is 0 Å². The van der Waals surface area contributed by atoms with E-state index in [-0.39, 0.29) is 35.6 Å². The Kier molecular flexibility index (Phi) is 5.00. The molecule has 0 atom stereocenters. The summed E-state index contributed by atoms with van der Waals surface area (Å²) in [7, 11) is 0. The van der Waals surface area contributed by atoms with E-state index in [9.17, 15) is 23.1 Å². The minimum absolute atomic E-state index is 0.147. The smallest absolute Gasteiger partial charge is 0.388 e. The second-order valence-electron chi connectivity index (χ2n) is 7.20. The van der Waals surface area contributed by atoms with Crippen LogP contribution in [0.2, 0.25) is 0 Å². The molecule has 1 fully saturated rings. The zero-order valence-electron chi connectivity index (χ0n) is 14.9. The summed E-state index contributed by atoms with van der Waals surface area (Å²) in [4.78, 5) is 14.0. The largest absolute Gasteiger partial charge is 0.416 e. The first-order valence-corrected chi connectivity index (χ1v) is 8.39. The maximum Gasteiger partial charge on any atom is 0.416 e. The molecular formula is C18H20F3N3O3. The lowest BCUT2D eigenvalue weighted by Gasteiger charge is -2.39. The molecule has 0 saturated carbocycles. The fraction of sp³-hybridized carbons (Fsp3) is 0.444. The van der Waals surface area contributed by atoms with Gasteiger partial charge in [-0.1, -0.05) is 12.1 Å². The highest BCUT2D eigenvalue weighted by atomic mass is 19.4. The van der Waals surface area contributed by atoms with E-state index in [0.717, 1.165) is 12.1 Å². The van der Waals surface area contributed by atoms with Gasteiger partial charge in [0.2, 0.25) is 0 Å². The Bertz CT molecular complexity index is 821. The number of halogens is 3. The molecular weight excluding hydrogens is 363 g/mol. The highest BCUT2D eigenvalue weighted by Gasteiger charge is 2.34. The molecule has 1 aliphatic heterocycles. The molecule has 0 spiro atoms. The molecule has 1 aromatic carbocycles. The quantitative estimate of drug-likeness (QED) is 0.832. The molecule has 3 rings (SSSR count). The second kappa shape index (κ2) is 6.97. The van der Waals surface area contributed by atoms with E-state index in [2.05, 4.69) is 10.2 Å². The van der Waals surface area contributed by atoms with E-state index in [1.165, 1.54) is 18.2 Å². The van der Waals surface area contributed by atoms with Crippen LogP contribution in [-0.2, 0) is 10.9 Å². The van der Waals surface area contributed by atoms with Crippen molar-refractivity contribution in [2.75, 3.05) is 19.7 Å². The number of carbonyl (C=O) groups is 1. The number of nitrogens with zero attached hydrogens (tertiary/aromatic N) is 2. The van der Waals surface area contributed by atoms with E-state index in [1.54, 1.807) is 18.7 Å². The second-order valence-corrected chi connectivity index (χ2v) is 7.20. The number of rotatable bonds is 5. The monoisotopic (exact) mass is 383 g/mol. The summed E-state index contributed by atoms with van der Waals surface area (Å²) in [6.07, 6.45) is -4.59. The van der Waals surface area contributed by atoms with E-state index in [1.807, 2.05) is 0 Å². The van der Waals surface area contributed by atoms with E-state index in [4.69, 9.17) is 4.74 Å². The average Bonchev–Trinajstić information content (AvgIpc) is 3.01. The number of ether oxygens (including phenoxy) is 1. The van der Waals surface area contributed by atoms with Crippen LogP contribution in [0, 0.1) is 0 Å². The van der Waals surface area contributed by atoms with Crippen LogP contribution in [0.1, 0.15) is 29.9 Å². The molecule has 0 bridgehead atoms. The number of alkyl halides is 3. The summed E-state index contributed by atoms with van der Waals surface area (Å²) in [5, 5.41) is 16.2. The zero-order chi connectivity index (χ0) is 19.8. The third-order valence-corrected chi connectivity index (χ3v) is 4.10. The van der Waals surface area contributed by atoms with E-state index in [0.29, 0.717) is 13.1 Å². The van der Waals surface area contributed by atoms with Crippen molar-refractivity contribution in [2.24, 2.45) is 0 Å². The number of aromatic amines is 1. The lowest BCUT2D eigenvalue weighted by molar-refractivity contribution is -0.137. The van der Waals surface area contributed by atoms with Crippen molar-refractivity contribution >= 4 is 5.91 Å². The zero-order valence-corrected chi connectivity index (χ0v) is 14.9. The van der Waals surface area contributed by atoms with Gasteiger partial charge in [-0.3, -0.25) is 9.89 Å². The van der Waals surface area contributed by atoms with Crippen LogP contribution in [0.3, 0.4) is 0 Å². The fourth-order valence-electron chi connectivity index (χ4n) is 2.64. The molecule has 0 radical (unpaired) electrons. The number of aromatic nitrogens is 2. The van der Waals surface area contributed by atoms with Gasteiger partial charge in [0, 0.05) is 18.7 Å². The number of hydrogen-bond donors (Lipinski definition) is 2. The maximum atomic E-state index is 12.8. The van der Waals surface area contributed by atoms with Crippen molar-refractivity contribution in [1.29, 1.82) is 0 Å². The van der Waals surface area contributed by atoms with Gasteiger partial charge < -0.3 is 14.7 Å². The van der Waals surface area contributed by atoms with Crippen LogP contribution in [0.5, 0.6) is 0 Å². The molecule has 1 aromatic heterocycles. The molecule has 6 nitrogen and oxygen atoms in total. The maximum absolute atomic E-state index is 12.8. The number of carbonyl (C=O) groups excluding carboxylic acids is 1. The van der Waals surface area contributed by atoms with Gasteiger partial charge in [-0.05, 0) is 32.0 Å². The minimum Gasteiger partial charge on any atom is -0.388 e. The Labute approximate surface area is 153 Å². The van der Waals surface area contributed by atoms with Gasteiger partial charge in [-0.25, -0.2) is 0 Å². The van der Waals surface area contributed by atoms with Crippen molar-refractivity contribution < 1.29 is 27.8 Å². The number of H-pyrrole nitrogens is 1. The SMILES string of the molecule is CC(C)(O)COC1CN(C(=O)c2cc(-c3cccc(C(F)(F)F)c3)n[nH]2)C1. The van der Waals surface area contributed by atoms with Gasteiger partial charge in [-0.2, -0.15) is 18.3 Å². The van der Waals surface area contributed by atoms with Crippen molar-refractivity contribution in [3.63, 3.8) is 0 Å². The average molecular weight is 383 g/mol. The molecule has 1 saturated heterocycles. The fourth-order valence-corrected chi connectivity index (χ4v) is 2.64. The number of hydrogen-bond acceptors (Lipinski definition) is 4. The van der Waals surface area contributed by atoms with Crippen LogP contribution in [-0.4, -0.2) is 57.5 Å². The Hall–Kier alpha value is -2.39. The van der Waals surface area contributed by atoms with Crippen LogP contribution in [0.4, 0.5) is 13.2 Å². The number of likely N-dealkylation sites (tertiary alicyclic amines) is 1. The van der Waals surface area contributed by atoms with Crippen molar-refractivity contribution in [2.45, 2.75) is 31.7 Å². The summed E-state index contributed by atoms with van der Waals surface area (Å²) in [5.74, 6) is -0.302. The van der Waals surface area contributed by atoms with Gasteiger partial charge in [-0.15, -0.1) is 0 Å². The summed E-state index contributed by atoms with van der Waals surface area (Å²) in [6.45, 7) is 4.20. The summed E-state index contributed by atoms with van der Waals surface area (Å²) in [6, 6.07) is 6.21. The lowest BCUT2D eigenvalue weighted by atomic mass is 10.1. The Morgan fingerprint density at radius 3 is 2.67 bits per heavy atom. The molecule has 1 aliphatic rings. The molecule has 1 amide bonds. The van der Waals surface area contributed by atoms with Crippen LogP contribution in [0.15, 0.2) is 30.3 Å². The Morgan fingerprint density at radius 2 is 2.04 bits per heavy atom. The first-order chi connectivity index (χ1) is 12.5. The van der Waals surface area contributed by atoms with Gasteiger partial charge in [0.25, 0.3) is 5.91 Å². The number of nitrogens with one attached hydrogen (secondary N) is 1. The molecule has 9 heteroatoms. The number of aliphatic hydroxyl groups is 1. The van der Waals surface area contributed by atoms with Gasteiger partial charge in [0.15, 0.2) is 0 Å². The first-order valence-electron chi connectivity index (χ1n) is 8.39. The minimum atomic E-state index is -4.44. The summed E-state index contributed by atoms with van der Waals surface area (Å²) >= 11 is 0. The van der Waals surface area contributed by atoms with Gasteiger partial charge in [0.05, 0.1) is 29.6 Å². The molecule has 146 valence electrons. The highest BCUT2D eigenvalue weighted by molar-refractivity contribution is 5.94. The normalized spacial score (nSPS) is 15.7. The predicted molar refractivity (Wildman–Crippen MR) is 91.0 cm³/mol.